The van der Waals surface area contributed by atoms with Gasteiger partial charge >= 0.3 is 0 Å². The first kappa shape index (κ1) is 16.5. The minimum absolute atomic E-state index is 0.125. The molecule has 2 aromatic rings. The van der Waals surface area contributed by atoms with E-state index in [1.807, 2.05) is 39.0 Å². The Bertz CT molecular complexity index is 634. The lowest BCUT2D eigenvalue weighted by molar-refractivity contribution is 0.0838. The second-order valence-electron chi connectivity index (χ2n) is 5.15. The van der Waals surface area contributed by atoms with Crippen molar-refractivity contribution in [1.82, 2.24) is 10.3 Å². The lowest BCUT2D eigenvalue weighted by Gasteiger charge is -2.15. The van der Waals surface area contributed by atoms with Gasteiger partial charge in [0.15, 0.2) is 0 Å². The molecule has 1 unspecified atom stereocenters. The molecule has 1 atom stereocenters. The minimum Gasteiger partial charge on any atom is -0.490 e. The number of nitrogens with zero attached hydrogens (tertiary/aromatic N) is 1. The van der Waals surface area contributed by atoms with Crippen LogP contribution in [0.15, 0.2) is 23.6 Å². The van der Waals surface area contributed by atoms with Gasteiger partial charge in [0.1, 0.15) is 24.2 Å². The number of aryl methyl sites for hydroxylation is 3. The van der Waals surface area contributed by atoms with Gasteiger partial charge in [-0.05, 0) is 31.9 Å². The van der Waals surface area contributed by atoms with Gasteiger partial charge < -0.3 is 15.2 Å². The molecule has 1 heterocycles. The summed E-state index contributed by atoms with van der Waals surface area (Å²) >= 11 is 1.42. The van der Waals surface area contributed by atoms with E-state index >= 15 is 0 Å². The van der Waals surface area contributed by atoms with Crippen molar-refractivity contribution in [2.24, 2.45) is 0 Å². The highest BCUT2D eigenvalue weighted by molar-refractivity contribution is 7.09. The number of rotatable bonds is 6. The molecule has 22 heavy (non-hydrogen) atoms. The number of aliphatic hydroxyl groups excluding tert-OH is 1. The van der Waals surface area contributed by atoms with E-state index in [0.717, 1.165) is 21.9 Å². The van der Waals surface area contributed by atoms with Crippen molar-refractivity contribution in [2.75, 3.05) is 13.2 Å². The van der Waals surface area contributed by atoms with Crippen LogP contribution >= 0.6 is 11.3 Å². The van der Waals surface area contributed by atoms with Crippen LogP contribution in [0.5, 0.6) is 5.75 Å². The fourth-order valence-corrected chi connectivity index (χ4v) is 2.63. The smallest absolute Gasteiger partial charge is 0.270 e. The van der Waals surface area contributed by atoms with Crippen LogP contribution < -0.4 is 10.1 Å². The Morgan fingerprint density at radius 2 is 2.05 bits per heavy atom. The number of hydrogen-bond acceptors (Lipinski definition) is 5. The first-order chi connectivity index (χ1) is 10.5. The number of aliphatic hydroxyl groups is 1. The standard InChI is InChI=1S/C16H20N2O3S/c1-10-5-4-6-11(2)15(10)21-8-13(19)7-17-16(20)14-9-22-12(3)18-14/h4-6,9,13,19H,7-8H2,1-3H3,(H,17,20). The Kier molecular flexibility index (Phi) is 5.51. The number of carbonyl (C=O) groups is 1. The molecule has 1 amide bonds. The number of ether oxygens (including phenoxy) is 1. The van der Waals surface area contributed by atoms with Gasteiger partial charge in [0.25, 0.3) is 5.91 Å². The number of amides is 1. The summed E-state index contributed by atoms with van der Waals surface area (Å²) in [6, 6.07) is 5.88. The van der Waals surface area contributed by atoms with Gasteiger partial charge in [0.2, 0.25) is 0 Å². The summed E-state index contributed by atoms with van der Waals surface area (Å²) in [6.07, 6.45) is -0.775. The highest BCUT2D eigenvalue weighted by atomic mass is 32.1. The zero-order chi connectivity index (χ0) is 16.1. The van der Waals surface area contributed by atoms with Gasteiger partial charge in [-0.2, -0.15) is 0 Å². The van der Waals surface area contributed by atoms with Gasteiger partial charge in [0, 0.05) is 11.9 Å². The molecule has 0 saturated heterocycles. The van der Waals surface area contributed by atoms with Crippen molar-refractivity contribution in [3.63, 3.8) is 0 Å². The van der Waals surface area contributed by atoms with Crippen LogP contribution in [-0.2, 0) is 0 Å². The topological polar surface area (TPSA) is 71.5 Å². The number of carbonyl (C=O) groups excluding carboxylic acids is 1. The summed E-state index contributed by atoms with van der Waals surface area (Å²) < 4.78 is 5.66. The van der Waals surface area contributed by atoms with Crippen molar-refractivity contribution in [3.05, 3.63) is 45.4 Å². The summed E-state index contributed by atoms with van der Waals surface area (Å²) in [4.78, 5) is 15.9. The van der Waals surface area contributed by atoms with Crippen molar-refractivity contribution in [1.29, 1.82) is 0 Å². The Balaban J connectivity index is 1.81. The highest BCUT2D eigenvalue weighted by Gasteiger charge is 2.13. The van der Waals surface area contributed by atoms with E-state index in [1.54, 1.807) is 5.38 Å². The summed E-state index contributed by atoms with van der Waals surface area (Å²) in [5.41, 5.74) is 2.42. The molecule has 1 aromatic heterocycles. The van der Waals surface area contributed by atoms with Gasteiger partial charge in [-0.3, -0.25) is 4.79 Å². The Morgan fingerprint density at radius 3 is 2.64 bits per heavy atom. The molecule has 0 radical (unpaired) electrons. The average molecular weight is 320 g/mol. The zero-order valence-corrected chi connectivity index (χ0v) is 13.7. The lowest BCUT2D eigenvalue weighted by atomic mass is 10.1. The molecule has 0 bridgehead atoms. The molecule has 0 fully saturated rings. The Hall–Kier alpha value is -1.92. The van der Waals surface area contributed by atoms with Gasteiger partial charge in [-0.25, -0.2) is 4.98 Å². The maximum atomic E-state index is 11.8. The van der Waals surface area contributed by atoms with Crippen molar-refractivity contribution in [3.8, 4) is 5.75 Å². The van der Waals surface area contributed by atoms with Crippen LogP contribution in [-0.4, -0.2) is 35.3 Å². The predicted octanol–water partition coefficient (Wildman–Crippen LogP) is 2.24. The van der Waals surface area contributed by atoms with Crippen LogP contribution in [0.4, 0.5) is 0 Å². The molecule has 0 aliphatic rings. The highest BCUT2D eigenvalue weighted by Crippen LogP contribution is 2.22. The van der Waals surface area contributed by atoms with Gasteiger partial charge in [-0.15, -0.1) is 11.3 Å². The van der Waals surface area contributed by atoms with Crippen molar-refractivity contribution in [2.45, 2.75) is 26.9 Å². The van der Waals surface area contributed by atoms with Crippen molar-refractivity contribution < 1.29 is 14.6 Å². The van der Waals surface area contributed by atoms with Crippen LogP contribution in [0.3, 0.4) is 0 Å². The Labute approximate surface area is 134 Å². The molecular weight excluding hydrogens is 300 g/mol. The lowest BCUT2D eigenvalue weighted by Crippen LogP contribution is -2.35. The molecule has 0 aliphatic heterocycles. The van der Waals surface area contributed by atoms with E-state index in [0.29, 0.717) is 5.69 Å². The zero-order valence-electron chi connectivity index (χ0n) is 12.9. The normalized spacial score (nSPS) is 12.0. The monoisotopic (exact) mass is 320 g/mol. The van der Waals surface area contributed by atoms with E-state index < -0.39 is 6.10 Å². The van der Waals surface area contributed by atoms with Gasteiger partial charge in [0.05, 0.1) is 5.01 Å². The number of aromatic nitrogens is 1. The van der Waals surface area contributed by atoms with E-state index in [2.05, 4.69) is 10.3 Å². The SMILES string of the molecule is Cc1nc(C(=O)NCC(O)COc2c(C)cccc2C)cs1. The molecule has 0 aliphatic carbocycles. The summed E-state index contributed by atoms with van der Waals surface area (Å²) in [7, 11) is 0. The van der Waals surface area contributed by atoms with Crippen LogP contribution in [0.1, 0.15) is 26.6 Å². The quantitative estimate of drug-likeness (QED) is 0.856. The number of nitrogens with one attached hydrogen (secondary N) is 1. The maximum absolute atomic E-state index is 11.8. The second-order valence-corrected chi connectivity index (χ2v) is 6.21. The van der Waals surface area contributed by atoms with Crippen LogP contribution in [0.2, 0.25) is 0 Å². The molecule has 0 spiro atoms. The Morgan fingerprint density at radius 1 is 1.36 bits per heavy atom. The molecule has 2 N–H and O–H groups in total. The number of benzene rings is 1. The fraction of sp³-hybridized carbons (Fsp3) is 0.375. The average Bonchev–Trinajstić information content (AvgIpc) is 2.91. The summed E-state index contributed by atoms with van der Waals surface area (Å²) in [5.74, 6) is 0.499. The number of thiazole rings is 1. The van der Waals surface area contributed by atoms with Crippen LogP contribution in [0.25, 0.3) is 0 Å². The van der Waals surface area contributed by atoms with Gasteiger partial charge in [-0.1, -0.05) is 18.2 Å². The first-order valence-corrected chi connectivity index (χ1v) is 7.92. The molecular formula is C16H20N2O3S. The van der Waals surface area contributed by atoms with Crippen LogP contribution in [0, 0.1) is 20.8 Å². The molecule has 118 valence electrons. The maximum Gasteiger partial charge on any atom is 0.270 e. The predicted molar refractivity (Wildman–Crippen MR) is 86.6 cm³/mol. The molecule has 0 saturated carbocycles. The first-order valence-electron chi connectivity index (χ1n) is 7.04. The number of hydrogen-bond donors (Lipinski definition) is 2. The summed E-state index contributed by atoms with van der Waals surface area (Å²) in [5, 5.41) is 15.1. The minimum atomic E-state index is -0.775. The van der Waals surface area contributed by atoms with E-state index in [-0.39, 0.29) is 19.1 Å². The largest absolute Gasteiger partial charge is 0.490 e. The summed E-state index contributed by atoms with van der Waals surface area (Å²) in [6.45, 7) is 6.01. The van der Waals surface area contributed by atoms with E-state index in [4.69, 9.17) is 4.74 Å². The number of para-hydroxylation sites is 1. The fourth-order valence-electron chi connectivity index (χ4n) is 2.03. The molecule has 5 nitrogen and oxygen atoms in total. The van der Waals surface area contributed by atoms with E-state index in [1.165, 1.54) is 11.3 Å². The molecule has 6 heteroatoms. The second kappa shape index (κ2) is 7.38. The third-order valence-corrected chi connectivity index (χ3v) is 3.95. The third-order valence-electron chi connectivity index (χ3n) is 3.18. The molecule has 1 aromatic carbocycles. The molecule has 2 rings (SSSR count). The van der Waals surface area contributed by atoms with E-state index in [9.17, 15) is 9.90 Å². The third kappa shape index (κ3) is 4.29. The van der Waals surface area contributed by atoms with Crippen molar-refractivity contribution >= 4 is 17.2 Å².